The average molecular weight is 284 g/mol. The van der Waals surface area contributed by atoms with Crippen molar-refractivity contribution in [2.75, 3.05) is 11.9 Å². The van der Waals surface area contributed by atoms with E-state index in [2.05, 4.69) is 65.0 Å². The van der Waals surface area contributed by atoms with E-state index < -0.39 is 0 Å². The van der Waals surface area contributed by atoms with E-state index in [1.165, 1.54) is 24.9 Å². The monoisotopic (exact) mass is 283 g/mol. The van der Waals surface area contributed by atoms with Crippen LogP contribution in [-0.4, -0.2) is 22.8 Å². The van der Waals surface area contributed by atoms with Crippen molar-refractivity contribution in [3.63, 3.8) is 0 Å². The lowest BCUT2D eigenvalue weighted by Crippen LogP contribution is -2.31. The molecule has 0 N–H and O–H groups in total. The first-order valence-electron chi connectivity index (χ1n) is 6.08. The van der Waals surface area contributed by atoms with Crippen molar-refractivity contribution < 1.29 is 0 Å². The predicted octanol–water partition coefficient (Wildman–Crippen LogP) is 4.07. The summed E-state index contributed by atoms with van der Waals surface area (Å²) in [6.45, 7) is 6.81. The maximum atomic E-state index is 3.48. The summed E-state index contributed by atoms with van der Waals surface area (Å²) in [5.41, 5.74) is 1.41. The molecule has 90 valence electrons. The first-order valence-corrected chi connectivity index (χ1v) is 7.20. The third-order valence-electron chi connectivity index (χ3n) is 2.79. The van der Waals surface area contributed by atoms with Crippen molar-refractivity contribution in [1.29, 1.82) is 0 Å². The van der Waals surface area contributed by atoms with Gasteiger partial charge in [-0.25, -0.2) is 0 Å². The summed E-state index contributed by atoms with van der Waals surface area (Å²) >= 11 is 3.48. The Morgan fingerprint density at radius 3 is 2.38 bits per heavy atom. The highest BCUT2D eigenvalue weighted by atomic mass is 79.9. The van der Waals surface area contributed by atoms with Crippen LogP contribution in [0.2, 0.25) is 0 Å². The summed E-state index contributed by atoms with van der Waals surface area (Å²) in [4.78, 5) is 2.54. The van der Waals surface area contributed by atoms with Crippen LogP contribution in [0.1, 0.15) is 32.3 Å². The zero-order valence-corrected chi connectivity index (χ0v) is 11.9. The van der Waals surface area contributed by atoms with Crippen LogP contribution in [0, 0.1) is 0 Å². The highest BCUT2D eigenvalue weighted by molar-refractivity contribution is 9.09. The number of alkyl halides is 1. The fraction of sp³-hybridized carbons (Fsp3) is 0.571. The van der Waals surface area contributed by atoms with Gasteiger partial charge in [0.25, 0.3) is 0 Å². The summed E-state index contributed by atoms with van der Waals surface area (Å²) < 4.78 is 0. The number of halogens is 1. The van der Waals surface area contributed by atoms with E-state index in [0.29, 0.717) is 6.04 Å². The van der Waals surface area contributed by atoms with E-state index in [-0.39, 0.29) is 0 Å². The minimum absolute atomic E-state index is 0.621. The van der Waals surface area contributed by atoms with Crippen molar-refractivity contribution in [3.05, 3.63) is 35.9 Å². The third kappa shape index (κ3) is 5.13. The van der Waals surface area contributed by atoms with Gasteiger partial charge in [0.1, 0.15) is 0 Å². The van der Waals surface area contributed by atoms with Gasteiger partial charge < -0.3 is 0 Å². The van der Waals surface area contributed by atoms with Crippen LogP contribution >= 0.6 is 15.9 Å². The zero-order valence-electron chi connectivity index (χ0n) is 10.3. The molecule has 0 aliphatic rings. The SMILES string of the molecule is CC(C)N(CCCCBr)Cc1ccccc1. The van der Waals surface area contributed by atoms with Crippen molar-refractivity contribution in [3.8, 4) is 0 Å². The number of benzene rings is 1. The normalized spacial score (nSPS) is 11.3. The predicted molar refractivity (Wildman–Crippen MR) is 75.0 cm³/mol. The van der Waals surface area contributed by atoms with Crippen LogP contribution in [-0.2, 0) is 6.54 Å². The lowest BCUT2D eigenvalue weighted by Gasteiger charge is -2.26. The molecular weight excluding hydrogens is 262 g/mol. The van der Waals surface area contributed by atoms with Crippen LogP contribution < -0.4 is 0 Å². The second-order valence-electron chi connectivity index (χ2n) is 4.45. The zero-order chi connectivity index (χ0) is 11.8. The van der Waals surface area contributed by atoms with Gasteiger partial charge in [-0.2, -0.15) is 0 Å². The molecule has 0 fully saturated rings. The average Bonchev–Trinajstić information content (AvgIpc) is 2.29. The topological polar surface area (TPSA) is 3.24 Å². The van der Waals surface area contributed by atoms with E-state index in [4.69, 9.17) is 0 Å². The smallest absolute Gasteiger partial charge is 0.0236 e. The minimum Gasteiger partial charge on any atom is -0.297 e. The Bertz CT molecular complexity index is 271. The standard InChI is InChI=1S/C14H22BrN/c1-13(2)16(11-7-6-10-15)12-14-8-4-3-5-9-14/h3-5,8-9,13H,6-7,10-12H2,1-2H3. The molecule has 1 nitrogen and oxygen atoms in total. The van der Waals surface area contributed by atoms with Crippen LogP contribution in [0.25, 0.3) is 0 Å². The van der Waals surface area contributed by atoms with Crippen molar-refractivity contribution in [2.24, 2.45) is 0 Å². The van der Waals surface area contributed by atoms with Crippen LogP contribution in [0.5, 0.6) is 0 Å². The van der Waals surface area contributed by atoms with Crippen molar-refractivity contribution in [2.45, 2.75) is 39.3 Å². The number of unbranched alkanes of at least 4 members (excludes halogenated alkanes) is 1. The number of nitrogens with zero attached hydrogens (tertiary/aromatic N) is 1. The van der Waals surface area contributed by atoms with E-state index in [1.54, 1.807) is 0 Å². The molecule has 1 aromatic rings. The van der Waals surface area contributed by atoms with Gasteiger partial charge in [0.15, 0.2) is 0 Å². The van der Waals surface area contributed by atoms with Gasteiger partial charge in [0, 0.05) is 17.9 Å². The van der Waals surface area contributed by atoms with Gasteiger partial charge in [0.2, 0.25) is 0 Å². The molecule has 0 atom stereocenters. The third-order valence-corrected chi connectivity index (χ3v) is 3.35. The van der Waals surface area contributed by atoms with Gasteiger partial charge in [-0.15, -0.1) is 0 Å². The quantitative estimate of drug-likeness (QED) is 0.539. The van der Waals surface area contributed by atoms with Crippen LogP contribution in [0.3, 0.4) is 0 Å². The van der Waals surface area contributed by atoms with Crippen molar-refractivity contribution >= 4 is 15.9 Å². The summed E-state index contributed by atoms with van der Waals surface area (Å²) in [6.07, 6.45) is 2.54. The fourth-order valence-corrected chi connectivity index (χ4v) is 2.14. The molecule has 0 saturated heterocycles. The molecule has 0 aromatic heterocycles. The van der Waals surface area contributed by atoms with Gasteiger partial charge in [-0.05, 0) is 38.8 Å². The Balaban J connectivity index is 2.45. The fourth-order valence-electron chi connectivity index (χ4n) is 1.75. The Morgan fingerprint density at radius 2 is 1.81 bits per heavy atom. The summed E-state index contributed by atoms with van der Waals surface area (Å²) in [5.74, 6) is 0. The Hall–Kier alpha value is -0.340. The molecule has 0 aliphatic carbocycles. The number of hydrogen-bond donors (Lipinski definition) is 0. The number of rotatable bonds is 7. The van der Waals surface area contributed by atoms with E-state index >= 15 is 0 Å². The molecule has 0 bridgehead atoms. The first-order chi connectivity index (χ1) is 7.74. The van der Waals surface area contributed by atoms with Gasteiger partial charge in [-0.1, -0.05) is 46.3 Å². The molecule has 0 heterocycles. The molecular formula is C14H22BrN. The van der Waals surface area contributed by atoms with Crippen molar-refractivity contribution in [1.82, 2.24) is 4.90 Å². The summed E-state index contributed by atoms with van der Waals surface area (Å²) in [6, 6.07) is 11.3. The molecule has 0 saturated carbocycles. The molecule has 0 unspecified atom stereocenters. The second-order valence-corrected chi connectivity index (χ2v) is 5.24. The Kier molecular flexibility index (Phi) is 6.74. The largest absolute Gasteiger partial charge is 0.297 e. The Morgan fingerprint density at radius 1 is 1.12 bits per heavy atom. The van der Waals surface area contributed by atoms with Gasteiger partial charge in [-0.3, -0.25) is 4.90 Å². The lowest BCUT2D eigenvalue weighted by atomic mass is 10.1. The number of hydrogen-bond acceptors (Lipinski definition) is 1. The Labute approximate surface area is 108 Å². The maximum Gasteiger partial charge on any atom is 0.0236 e. The summed E-state index contributed by atoms with van der Waals surface area (Å²) in [5, 5.41) is 1.12. The molecule has 0 amide bonds. The van der Waals surface area contributed by atoms with Crippen LogP contribution in [0.4, 0.5) is 0 Å². The lowest BCUT2D eigenvalue weighted by molar-refractivity contribution is 0.210. The molecule has 0 spiro atoms. The van der Waals surface area contributed by atoms with E-state index in [1.807, 2.05) is 0 Å². The highest BCUT2D eigenvalue weighted by Gasteiger charge is 2.09. The van der Waals surface area contributed by atoms with E-state index in [0.717, 1.165) is 11.9 Å². The molecule has 0 aliphatic heterocycles. The molecule has 1 aromatic carbocycles. The molecule has 2 heteroatoms. The maximum absolute atomic E-state index is 3.48. The van der Waals surface area contributed by atoms with Gasteiger partial charge in [0.05, 0.1) is 0 Å². The first kappa shape index (κ1) is 13.7. The van der Waals surface area contributed by atoms with Gasteiger partial charge >= 0.3 is 0 Å². The summed E-state index contributed by atoms with van der Waals surface area (Å²) in [7, 11) is 0. The minimum atomic E-state index is 0.621. The van der Waals surface area contributed by atoms with E-state index in [9.17, 15) is 0 Å². The highest BCUT2D eigenvalue weighted by Crippen LogP contribution is 2.09. The second kappa shape index (κ2) is 7.86. The molecule has 16 heavy (non-hydrogen) atoms. The molecule has 1 rings (SSSR count). The molecule has 0 radical (unpaired) electrons. The van der Waals surface area contributed by atoms with Crippen LogP contribution in [0.15, 0.2) is 30.3 Å².